The largest absolute Gasteiger partial charge is 0.480 e. The Morgan fingerprint density at radius 2 is 1.89 bits per heavy atom. The molecule has 1 aliphatic rings. The van der Waals surface area contributed by atoms with Gasteiger partial charge in [0.05, 0.1) is 10.9 Å². The Morgan fingerprint density at radius 1 is 1.26 bits per heavy atom. The first kappa shape index (κ1) is 13.9. The van der Waals surface area contributed by atoms with E-state index in [1.807, 2.05) is 13.8 Å². The first-order valence-electron chi connectivity index (χ1n) is 5.82. The summed E-state index contributed by atoms with van der Waals surface area (Å²) in [6, 6.07) is 5.96. The third kappa shape index (κ3) is 2.59. The third-order valence-electron chi connectivity index (χ3n) is 3.16. The summed E-state index contributed by atoms with van der Waals surface area (Å²) in [6.07, 6.45) is 0. The summed E-state index contributed by atoms with van der Waals surface area (Å²) in [4.78, 5) is 22.4. The number of hydrogen-bond donors (Lipinski definition) is 3. The molecular weight excluding hydrogens is 266 g/mol. The maximum absolute atomic E-state index is 11.2. The van der Waals surface area contributed by atoms with Crippen LogP contribution in [0.2, 0.25) is 0 Å². The molecule has 0 amide bonds. The second-order valence-electron chi connectivity index (χ2n) is 4.93. The summed E-state index contributed by atoms with van der Waals surface area (Å²) in [7, 11) is 0. The van der Waals surface area contributed by atoms with Crippen molar-refractivity contribution in [2.45, 2.75) is 30.0 Å². The van der Waals surface area contributed by atoms with Gasteiger partial charge < -0.3 is 10.2 Å². The molecule has 2 atom stereocenters. The molecule has 1 fully saturated rings. The fourth-order valence-electron chi connectivity index (χ4n) is 2.20. The summed E-state index contributed by atoms with van der Waals surface area (Å²) in [5.41, 5.74) is 0.811. The lowest BCUT2D eigenvalue weighted by atomic mass is 10.0. The summed E-state index contributed by atoms with van der Waals surface area (Å²) < 4.78 is -0.498. The maximum atomic E-state index is 11.2. The number of aromatic carboxylic acids is 1. The minimum atomic E-state index is -1.01. The molecule has 3 N–H and O–H groups in total. The molecule has 102 valence electrons. The number of carboxylic acid groups (broad SMARTS) is 2. The van der Waals surface area contributed by atoms with Gasteiger partial charge in [0.2, 0.25) is 0 Å². The number of carboxylic acids is 2. The Labute approximate surface area is 115 Å². The van der Waals surface area contributed by atoms with E-state index in [9.17, 15) is 19.8 Å². The zero-order valence-electron chi connectivity index (χ0n) is 10.6. The van der Waals surface area contributed by atoms with Crippen molar-refractivity contribution in [2.24, 2.45) is 0 Å². The number of rotatable bonds is 3. The molecule has 0 saturated carbocycles. The van der Waals surface area contributed by atoms with Gasteiger partial charge in [0, 0.05) is 4.75 Å². The molecule has 0 unspecified atom stereocenters. The highest BCUT2D eigenvalue weighted by Gasteiger charge is 2.46. The fourth-order valence-corrected chi connectivity index (χ4v) is 3.65. The molecule has 5 nitrogen and oxygen atoms in total. The Kier molecular flexibility index (Phi) is 3.56. The van der Waals surface area contributed by atoms with Crippen molar-refractivity contribution in [3.8, 4) is 0 Å². The lowest BCUT2D eigenvalue weighted by Gasteiger charge is -2.20. The molecule has 1 heterocycles. The maximum Gasteiger partial charge on any atom is 0.336 e. The van der Waals surface area contributed by atoms with Gasteiger partial charge in [-0.3, -0.25) is 10.1 Å². The van der Waals surface area contributed by atoms with E-state index in [1.54, 1.807) is 18.2 Å². The second-order valence-corrected chi connectivity index (χ2v) is 6.69. The lowest BCUT2D eigenvalue weighted by Crippen LogP contribution is -2.43. The van der Waals surface area contributed by atoms with E-state index in [4.69, 9.17) is 0 Å². The van der Waals surface area contributed by atoms with E-state index >= 15 is 0 Å². The molecular formula is C13H15NO4S. The average Bonchev–Trinajstić information content (AvgIpc) is 2.65. The number of hydrogen-bond acceptors (Lipinski definition) is 4. The van der Waals surface area contributed by atoms with Crippen molar-refractivity contribution in [3.63, 3.8) is 0 Å². The summed E-state index contributed by atoms with van der Waals surface area (Å²) in [6.45, 7) is 3.68. The van der Waals surface area contributed by atoms with Gasteiger partial charge in [-0.1, -0.05) is 18.2 Å². The van der Waals surface area contributed by atoms with Crippen LogP contribution < -0.4 is 5.32 Å². The van der Waals surface area contributed by atoms with Crippen LogP contribution in [0.25, 0.3) is 0 Å². The molecule has 1 aliphatic heterocycles. The van der Waals surface area contributed by atoms with Gasteiger partial charge in [-0.15, -0.1) is 11.8 Å². The number of aliphatic carboxylic acids is 1. The Morgan fingerprint density at radius 3 is 2.42 bits per heavy atom. The standard InChI is InChI=1S/C13H15NO4S/c1-13(2)9(12(17)18)14-10(19-13)7-5-3-4-6-8(7)11(15)16/h3-6,9-10,14H,1-2H3,(H,15,16)(H,17,18)/t9-,10+/m0/s1. The first-order valence-corrected chi connectivity index (χ1v) is 6.70. The lowest BCUT2D eigenvalue weighted by molar-refractivity contribution is -0.139. The van der Waals surface area contributed by atoms with Gasteiger partial charge >= 0.3 is 11.9 Å². The first-order chi connectivity index (χ1) is 8.83. The number of carbonyl (C=O) groups is 2. The highest BCUT2D eigenvalue weighted by molar-refractivity contribution is 8.01. The van der Waals surface area contributed by atoms with Crippen LogP contribution in [0.1, 0.15) is 35.1 Å². The zero-order valence-corrected chi connectivity index (χ0v) is 11.4. The van der Waals surface area contributed by atoms with Crippen LogP contribution in [-0.2, 0) is 4.79 Å². The molecule has 6 heteroatoms. The van der Waals surface area contributed by atoms with Crippen LogP contribution in [0.3, 0.4) is 0 Å². The Bertz CT molecular complexity index is 529. The van der Waals surface area contributed by atoms with Crippen LogP contribution >= 0.6 is 11.8 Å². The molecule has 0 bridgehead atoms. The highest BCUT2D eigenvalue weighted by atomic mass is 32.2. The molecule has 0 spiro atoms. The van der Waals surface area contributed by atoms with Gasteiger partial charge in [-0.2, -0.15) is 0 Å². The molecule has 1 saturated heterocycles. The SMILES string of the molecule is CC1(C)S[C@H](c2ccccc2C(=O)O)N[C@H]1C(=O)O. The number of nitrogens with one attached hydrogen (secondary N) is 1. The van der Waals surface area contributed by atoms with E-state index in [-0.39, 0.29) is 10.9 Å². The average molecular weight is 281 g/mol. The van der Waals surface area contributed by atoms with Gasteiger partial charge in [0.25, 0.3) is 0 Å². The van der Waals surface area contributed by atoms with E-state index in [0.29, 0.717) is 5.56 Å². The van der Waals surface area contributed by atoms with E-state index in [1.165, 1.54) is 17.8 Å². The molecule has 0 aromatic heterocycles. The molecule has 2 rings (SSSR count). The predicted molar refractivity (Wildman–Crippen MR) is 72.4 cm³/mol. The number of thioether (sulfide) groups is 1. The monoisotopic (exact) mass is 281 g/mol. The predicted octanol–water partition coefficient (Wildman–Crippen LogP) is 1.95. The summed E-state index contributed by atoms with van der Waals surface area (Å²) >= 11 is 1.43. The van der Waals surface area contributed by atoms with Crippen molar-refractivity contribution in [1.82, 2.24) is 5.32 Å². The second kappa shape index (κ2) is 4.86. The minimum Gasteiger partial charge on any atom is -0.480 e. The van der Waals surface area contributed by atoms with Crippen molar-refractivity contribution < 1.29 is 19.8 Å². The van der Waals surface area contributed by atoms with Crippen LogP contribution in [0.5, 0.6) is 0 Å². The fraction of sp³-hybridized carbons (Fsp3) is 0.385. The minimum absolute atomic E-state index is 0.203. The van der Waals surface area contributed by atoms with E-state index in [0.717, 1.165) is 0 Å². The van der Waals surface area contributed by atoms with Gasteiger partial charge in [-0.05, 0) is 25.5 Å². The molecule has 19 heavy (non-hydrogen) atoms. The van der Waals surface area contributed by atoms with Gasteiger partial charge in [0.1, 0.15) is 6.04 Å². The number of benzene rings is 1. The quantitative estimate of drug-likeness (QED) is 0.785. The Balaban J connectivity index is 2.35. The van der Waals surface area contributed by atoms with E-state index < -0.39 is 22.7 Å². The molecule has 0 aliphatic carbocycles. The van der Waals surface area contributed by atoms with Crippen LogP contribution in [0.15, 0.2) is 24.3 Å². The van der Waals surface area contributed by atoms with Crippen molar-refractivity contribution >= 4 is 23.7 Å². The molecule has 1 aromatic carbocycles. The van der Waals surface area contributed by atoms with Crippen LogP contribution in [0, 0.1) is 0 Å². The summed E-state index contributed by atoms with van der Waals surface area (Å²) in [5, 5.41) is 21.0. The van der Waals surface area contributed by atoms with Crippen LogP contribution in [-0.4, -0.2) is 32.9 Å². The van der Waals surface area contributed by atoms with Crippen molar-refractivity contribution in [3.05, 3.63) is 35.4 Å². The molecule has 0 radical (unpaired) electrons. The van der Waals surface area contributed by atoms with Gasteiger partial charge in [0.15, 0.2) is 0 Å². The highest BCUT2D eigenvalue weighted by Crippen LogP contribution is 2.46. The van der Waals surface area contributed by atoms with E-state index in [2.05, 4.69) is 5.32 Å². The molecule has 1 aromatic rings. The third-order valence-corrected chi connectivity index (χ3v) is 4.62. The van der Waals surface area contributed by atoms with Crippen molar-refractivity contribution in [1.29, 1.82) is 0 Å². The Hall–Kier alpha value is -1.53. The topological polar surface area (TPSA) is 86.6 Å². The zero-order chi connectivity index (χ0) is 14.2. The normalized spacial score (nSPS) is 25.2. The van der Waals surface area contributed by atoms with Gasteiger partial charge in [-0.25, -0.2) is 4.79 Å². The van der Waals surface area contributed by atoms with Crippen molar-refractivity contribution in [2.75, 3.05) is 0 Å². The van der Waals surface area contributed by atoms with Crippen LogP contribution in [0.4, 0.5) is 0 Å². The smallest absolute Gasteiger partial charge is 0.336 e. The summed E-state index contributed by atoms with van der Waals surface area (Å²) in [5.74, 6) is -1.93.